The molecule has 1 N–H and O–H groups in total. The first-order chi connectivity index (χ1) is 8.78. The van der Waals surface area contributed by atoms with Gasteiger partial charge in [-0.15, -0.1) is 11.3 Å². The summed E-state index contributed by atoms with van der Waals surface area (Å²) in [5.74, 6) is 0. The Balaban J connectivity index is 1.96. The molecule has 0 saturated heterocycles. The Morgan fingerprint density at radius 3 is 2.78 bits per heavy atom. The van der Waals surface area contributed by atoms with Crippen molar-refractivity contribution in [3.05, 3.63) is 55.7 Å². The van der Waals surface area contributed by atoms with Crippen LogP contribution >= 0.6 is 27.3 Å². The lowest BCUT2D eigenvalue weighted by Crippen LogP contribution is -2.16. The summed E-state index contributed by atoms with van der Waals surface area (Å²) in [6, 6.07) is 9.49. The zero-order valence-corrected chi connectivity index (χ0v) is 12.8. The summed E-state index contributed by atoms with van der Waals surface area (Å²) in [4.78, 5) is 1.36. The van der Waals surface area contributed by atoms with E-state index in [1.807, 2.05) is 7.05 Å². The van der Waals surface area contributed by atoms with Crippen LogP contribution in [0.3, 0.4) is 0 Å². The van der Waals surface area contributed by atoms with E-state index in [2.05, 4.69) is 50.9 Å². The van der Waals surface area contributed by atoms with E-state index in [0.717, 1.165) is 0 Å². The summed E-state index contributed by atoms with van der Waals surface area (Å²) in [5, 5.41) is 5.57. The van der Waals surface area contributed by atoms with E-state index in [0.29, 0.717) is 6.04 Å². The van der Waals surface area contributed by atoms with Crippen molar-refractivity contribution in [3.63, 3.8) is 0 Å². The summed E-state index contributed by atoms with van der Waals surface area (Å²) in [6.07, 6.45) is 3.81. The molecule has 1 aromatic carbocycles. The summed E-state index contributed by atoms with van der Waals surface area (Å²) >= 11 is 5.34. The molecular weight excluding hydrogens is 306 g/mol. The van der Waals surface area contributed by atoms with E-state index in [1.54, 1.807) is 22.5 Å². The fraction of sp³-hybridized carbons (Fsp3) is 0.333. The van der Waals surface area contributed by atoms with Crippen LogP contribution in [0.15, 0.2) is 34.1 Å². The van der Waals surface area contributed by atoms with Crippen LogP contribution in [0.5, 0.6) is 0 Å². The summed E-state index contributed by atoms with van der Waals surface area (Å²) < 4.78 is 1.17. The van der Waals surface area contributed by atoms with E-state index in [-0.39, 0.29) is 0 Å². The monoisotopic (exact) mass is 321 g/mol. The van der Waals surface area contributed by atoms with Gasteiger partial charge in [0, 0.05) is 14.7 Å². The van der Waals surface area contributed by atoms with Gasteiger partial charge in [0.1, 0.15) is 0 Å². The van der Waals surface area contributed by atoms with Crippen molar-refractivity contribution in [1.82, 2.24) is 5.32 Å². The maximum absolute atomic E-state index is 3.53. The fourth-order valence-corrected chi connectivity index (χ4v) is 4.30. The van der Waals surface area contributed by atoms with E-state index in [9.17, 15) is 0 Å². The smallest absolute Gasteiger partial charge is 0.0669 e. The highest BCUT2D eigenvalue weighted by atomic mass is 79.9. The Morgan fingerprint density at radius 1 is 1.22 bits per heavy atom. The largest absolute Gasteiger partial charge is 0.309 e. The van der Waals surface area contributed by atoms with Gasteiger partial charge in [-0.25, -0.2) is 0 Å². The number of thiophene rings is 1. The highest BCUT2D eigenvalue weighted by molar-refractivity contribution is 9.10. The van der Waals surface area contributed by atoms with E-state index < -0.39 is 0 Å². The van der Waals surface area contributed by atoms with Crippen molar-refractivity contribution in [2.24, 2.45) is 0 Å². The third kappa shape index (κ3) is 2.27. The Labute approximate surface area is 120 Å². The molecule has 0 amide bonds. The molecule has 18 heavy (non-hydrogen) atoms. The molecule has 1 aromatic heterocycles. The topological polar surface area (TPSA) is 12.0 Å². The van der Waals surface area contributed by atoms with Crippen LogP contribution in [-0.2, 0) is 12.8 Å². The average molecular weight is 322 g/mol. The lowest BCUT2D eigenvalue weighted by molar-refractivity contribution is 0.702. The molecule has 1 aliphatic carbocycles. The number of hydrogen-bond acceptors (Lipinski definition) is 2. The predicted octanol–water partition coefficient (Wildman–Crippen LogP) is 4.31. The minimum absolute atomic E-state index is 0.312. The third-order valence-electron chi connectivity index (χ3n) is 3.62. The number of rotatable bonds is 3. The molecular formula is C15H16BrNS. The van der Waals surface area contributed by atoms with E-state index in [1.165, 1.54) is 34.2 Å². The van der Waals surface area contributed by atoms with Gasteiger partial charge in [0.2, 0.25) is 0 Å². The molecule has 1 atom stereocenters. The normalized spacial score (nSPS) is 15.7. The van der Waals surface area contributed by atoms with Crippen LogP contribution in [0.1, 0.15) is 34.0 Å². The van der Waals surface area contributed by atoms with E-state index >= 15 is 0 Å². The molecule has 0 saturated carbocycles. The van der Waals surface area contributed by atoms with Crippen molar-refractivity contribution in [1.29, 1.82) is 0 Å². The molecule has 3 heteroatoms. The second kappa shape index (κ2) is 5.16. The van der Waals surface area contributed by atoms with Crippen molar-refractivity contribution < 1.29 is 0 Å². The Hall–Kier alpha value is -0.640. The van der Waals surface area contributed by atoms with Crippen molar-refractivity contribution >= 4 is 27.3 Å². The van der Waals surface area contributed by atoms with Crippen LogP contribution in [0.4, 0.5) is 0 Å². The third-order valence-corrected chi connectivity index (χ3v) is 5.38. The molecule has 2 aromatic rings. The minimum atomic E-state index is 0.312. The molecule has 3 rings (SSSR count). The molecule has 0 radical (unpaired) electrons. The quantitative estimate of drug-likeness (QED) is 0.888. The molecule has 0 bridgehead atoms. The van der Waals surface area contributed by atoms with Crippen molar-refractivity contribution in [3.8, 4) is 0 Å². The number of aryl methyl sites for hydroxylation is 2. The zero-order chi connectivity index (χ0) is 12.5. The molecule has 1 heterocycles. The van der Waals surface area contributed by atoms with Gasteiger partial charge >= 0.3 is 0 Å². The number of nitrogens with one attached hydrogen (secondary N) is 1. The van der Waals surface area contributed by atoms with Crippen LogP contribution in [0.2, 0.25) is 0 Å². The van der Waals surface area contributed by atoms with Crippen LogP contribution in [0.25, 0.3) is 0 Å². The van der Waals surface area contributed by atoms with Crippen LogP contribution in [0, 0.1) is 0 Å². The second-order valence-corrected chi connectivity index (χ2v) is 6.63. The molecule has 0 fully saturated rings. The summed E-state index contributed by atoms with van der Waals surface area (Å²) in [6.45, 7) is 0. The SMILES string of the molecule is CNC(c1ccc2c(c1)CCC2)c1cc(Br)cs1. The number of hydrogen-bond donors (Lipinski definition) is 1. The summed E-state index contributed by atoms with van der Waals surface area (Å²) in [5.41, 5.74) is 4.47. The second-order valence-electron chi connectivity index (χ2n) is 4.77. The molecule has 0 spiro atoms. The van der Waals surface area contributed by atoms with Crippen molar-refractivity contribution in [2.75, 3.05) is 7.05 Å². The van der Waals surface area contributed by atoms with Gasteiger partial charge in [-0.3, -0.25) is 0 Å². The Bertz CT molecular complexity index is 561. The molecule has 1 aliphatic rings. The van der Waals surface area contributed by atoms with Gasteiger partial charge in [0.05, 0.1) is 6.04 Å². The standard InChI is InChI=1S/C15H16BrNS/c1-17-15(14-8-13(16)9-18-14)12-6-5-10-3-2-4-11(10)7-12/h5-9,15,17H,2-4H2,1H3. The first-order valence-corrected chi connectivity index (χ1v) is 7.98. The van der Waals surface area contributed by atoms with Crippen LogP contribution < -0.4 is 5.32 Å². The van der Waals surface area contributed by atoms with Gasteiger partial charge in [-0.05, 0) is 65.0 Å². The molecule has 1 nitrogen and oxygen atoms in total. The zero-order valence-electron chi connectivity index (χ0n) is 10.4. The predicted molar refractivity (Wildman–Crippen MR) is 81.4 cm³/mol. The maximum Gasteiger partial charge on any atom is 0.0669 e. The minimum Gasteiger partial charge on any atom is -0.309 e. The van der Waals surface area contributed by atoms with Gasteiger partial charge in [0.15, 0.2) is 0 Å². The lowest BCUT2D eigenvalue weighted by atomic mass is 10.0. The fourth-order valence-electron chi connectivity index (χ4n) is 2.72. The first kappa shape index (κ1) is 12.4. The van der Waals surface area contributed by atoms with Crippen LogP contribution in [-0.4, -0.2) is 7.05 Å². The maximum atomic E-state index is 3.53. The van der Waals surface area contributed by atoms with Gasteiger partial charge in [-0.1, -0.05) is 18.2 Å². The summed E-state index contributed by atoms with van der Waals surface area (Å²) in [7, 11) is 2.03. The van der Waals surface area contributed by atoms with Crippen molar-refractivity contribution in [2.45, 2.75) is 25.3 Å². The van der Waals surface area contributed by atoms with Gasteiger partial charge < -0.3 is 5.32 Å². The first-order valence-electron chi connectivity index (χ1n) is 6.31. The molecule has 1 unspecified atom stereocenters. The number of fused-ring (bicyclic) bond motifs is 1. The molecule has 94 valence electrons. The lowest BCUT2D eigenvalue weighted by Gasteiger charge is -2.16. The number of halogens is 1. The Morgan fingerprint density at radius 2 is 2.06 bits per heavy atom. The highest BCUT2D eigenvalue weighted by Crippen LogP contribution is 2.32. The highest BCUT2D eigenvalue weighted by Gasteiger charge is 2.17. The molecule has 0 aliphatic heterocycles. The average Bonchev–Trinajstić information content (AvgIpc) is 2.99. The van der Waals surface area contributed by atoms with Gasteiger partial charge in [-0.2, -0.15) is 0 Å². The number of benzene rings is 1. The van der Waals surface area contributed by atoms with E-state index in [4.69, 9.17) is 0 Å². The van der Waals surface area contributed by atoms with Gasteiger partial charge in [0.25, 0.3) is 0 Å². The Kier molecular flexibility index (Phi) is 3.55.